The lowest BCUT2D eigenvalue weighted by molar-refractivity contribution is 0.101. The summed E-state index contributed by atoms with van der Waals surface area (Å²) < 4.78 is 0. The van der Waals surface area contributed by atoms with Crippen LogP contribution >= 0.6 is 22.9 Å². The van der Waals surface area contributed by atoms with E-state index < -0.39 is 0 Å². The second-order valence-electron chi connectivity index (χ2n) is 3.64. The average molecular weight is 251 g/mol. The predicted molar refractivity (Wildman–Crippen MR) is 69.5 cm³/mol. The minimum atomic E-state index is -0.00131. The zero-order chi connectivity index (χ0) is 11.7. The molecule has 16 heavy (non-hydrogen) atoms. The highest BCUT2D eigenvalue weighted by Crippen LogP contribution is 2.30. The fraction of sp³-hybridized carbons (Fsp3) is 0.154. The van der Waals surface area contributed by atoms with Crippen LogP contribution in [0.15, 0.2) is 29.6 Å². The van der Waals surface area contributed by atoms with Crippen LogP contribution in [0.1, 0.15) is 22.2 Å². The molecule has 2 aromatic rings. The van der Waals surface area contributed by atoms with Crippen LogP contribution in [0.2, 0.25) is 5.02 Å². The number of carbonyl (C=O) groups is 1. The quantitative estimate of drug-likeness (QED) is 0.713. The smallest absolute Gasteiger partial charge is 0.161 e. The first-order valence-electron chi connectivity index (χ1n) is 4.94. The van der Waals surface area contributed by atoms with Crippen LogP contribution in [0.25, 0.3) is 11.1 Å². The summed E-state index contributed by atoms with van der Waals surface area (Å²) in [5.74, 6) is -0.00131. The standard InChI is InChI=1S/C13H11ClOS/c1-8(15)11-4-3-10(7-13(11)14)12-5-6-16-9(12)2/h3-7H,1-2H3. The van der Waals surface area contributed by atoms with Crippen LogP contribution in [-0.4, -0.2) is 5.78 Å². The van der Waals surface area contributed by atoms with Crippen LogP contribution in [0, 0.1) is 6.92 Å². The van der Waals surface area contributed by atoms with E-state index in [0.29, 0.717) is 10.6 Å². The van der Waals surface area contributed by atoms with Crippen LogP contribution in [0.3, 0.4) is 0 Å². The molecule has 0 N–H and O–H groups in total. The number of hydrogen-bond donors (Lipinski definition) is 0. The molecule has 0 unspecified atom stereocenters. The summed E-state index contributed by atoms with van der Waals surface area (Å²) in [5, 5.41) is 2.58. The van der Waals surface area contributed by atoms with Crippen LogP contribution in [0.4, 0.5) is 0 Å². The van der Waals surface area contributed by atoms with E-state index in [1.54, 1.807) is 17.4 Å². The van der Waals surface area contributed by atoms with Crippen molar-refractivity contribution in [3.63, 3.8) is 0 Å². The molecule has 0 bridgehead atoms. The van der Waals surface area contributed by atoms with Gasteiger partial charge in [0.25, 0.3) is 0 Å². The summed E-state index contributed by atoms with van der Waals surface area (Å²) in [4.78, 5) is 12.5. The molecule has 0 radical (unpaired) electrons. The van der Waals surface area contributed by atoms with Gasteiger partial charge in [-0.3, -0.25) is 4.79 Å². The first kappa shape index (κ1) is 11.4. The monoisotopic (exact) mass is 250 g/mol. The highest BCUT2D eigenvalue weighted by atomic mass is 35.5. The molecule has 1 heterocycles. The van der Waals surface area contributed by atoms with E-state index in [4.69, 9.17) is 11.6 Å². The van der Waals surface area contributed by atoms with Gasteiger partial charge in [0, 0.05) is 10.4 Å². The van der Waals surface area contributed by atoms with Crippen molar-refractivity contribution in [1.29, 1.82) is 0 Å². The molecule has 0 aliphatic rings. The number of ketones is 1. The van der Waals surface area contributed by atoms with Crippen molar-refractivity contribution < 1.29 is 4.79 Å². The molecule has 0 saturated carbocycles. The van der Waals surface area contributed by atoms with Crippen molar-refractivity contribution in [2.75, 3.05) is 0 Å². The van der Waals surface area contributed by atoms with Crippen molar-refractivity contribution in [3.05, 3.63) is 45.1 Å². The third-order valence-corrected chi connectivity index (χ3v) is 3.68. The van der Waals surface area contributed by atoms with E-state index in [1.165, 1.54) is 17.4 Å². The van der Waals surface area contributed by atoms with E-state index in [0.717, 1.165) is 5.56 Å². The van der Waals surface area contributed by atoms with Crippen LogP contribution < -0.4 is 0 Å². The first-order valence-corrected chi connectivity index (χ1v) is 6.20. The van der Waals surface area contributed by atoms with E-state index in [1.807, 2.05) is 12.1 Å². The number of thiophene rings is 1. The average Bonchev–Trinajstić information content (AvgIpc) is 2.63. The van der Waals surface area contributed by atoms with Gasteiger partial charge in [0.1, 0.15) is 0 Å². The number of rotatable bonds is 2. The normalized spacial score (nSPS) is 10.4. The fourth-order valence-corrected chi connectivity index (χ4v) is 2.69. The van der Waals surface area contributed by atoms with Gasteiger partial charge in [-0.05, 0) is 48.6 Å². The number of halogens is 1. The van der Waals surface area contributed by atoms with Crippen molar-refractivity contribution in [2.24, 2.45) is 0 Å². The summed E-state index contributed by atoms with van der Waals surface area (Å²) in [6.07, 6.45) is 0. The topological polar surface area (TPSA) is 17.1 Å². The van der Waals surface area contributed by atoms with Crippen LogP contribution in [0.5, 0.6) is 0 Å². The van der Waals surface area contributed by atoms with E-state index in [-0.39, 0.29) is 5.78 Å². The summed E-state index contributed by atoms with van der Waals surface area (Å²) in [6.45, 7) is 3.60. The van der Waals surface area contributed by atoms with E-state index in [9.17, 15) is 4.79 Å². The number of hydrogen-bond acceptors (Lipinski definition) is 2. The van der Waals surface area contributed by atoms with Gasteiger partial charge in [0.05, 0.1) is 5.02 Å². The van der Waals surface area contributed by atoms with Gasteiger partial charge < -0.3 is 0 Å². The molecule has 0 spiro atoms. The molecule has 1 nitrogen and oxygen atoms in total. The molecule has 0 aliphatic heterocycles. The Morgan fingerprint density at radius 2 is 2.06 bits per heavy atom. The molecule has 1 aromatic carbocycles. The Bertz CT molecular complexity index is 543. The minimum Gasteiger partial charge on any atom is -0.294 e. The van der Waals surface area contributed by atoms with Crippen molar-refractivity contribution in [3.8, 4) is 11.1 Å². The number of aryl methyl sites for hydroxylation is 1. The molecule has 2 rings (SSSR count). The zero-order valence-corrected chi connectivity index (χ0v) is 10.7. The van der Waals surface area contributed by atoms with Gasteiger partial charge in [-0.25, -0.2) is 0 Å². The van der Waals surface area contributed by atoms with Gasteiger partial charge in [-0.1, -0.05) is 17.7 Å². The molecule has 1 aromatic heterocycles. The third kappa shape index (κ3) is 2.04. The molecule has 0 saturated heterocycles. The van der Waals surface area contributed by atoms with Crippen molar-refractivity contribution in [2.45, 2.75) is 13.8 Å². The maximum absolute atomic E-state index is 11.2. The summed E-state index contributed by atoms with van der Waals surface area (Å²) >= 11 is 7.78. The second-order valence-corrected chi connectivity index (χ2v) is 5.17. The van der Waals surface area contributed by atoms with Crippen LogP contribution in [-0.2, 0) is 0 Å². The molecule has 3 heteroatoms. The molecule has 0 aliphatic carbocycles. The van der Waals surface area contributed by atoms with Gasteiger partial charge >= 0.3 is 0 Å². The maximum atomic E-state index is 11.2. The zero-order valence-electron chi connectivity index (χ0n) is 9.08. The van der Waals surface area contributed by atoms with Gasteiger partial charge in [0.2, 0.25) is 0 Å². The lowest BCUT2D eigenvalue weighted by atomic mass is 10.0. The molecular weight excluding hydrogens is 240 g/mol. The highest BCUT2D eigenvalue weighted by molar-refractivity contribution is 7.10. The third-order valence-electron chi connectivity index (χ3n) is 2.52. The summed E-state index contributed by atoms with van der Waals surface area (Å²) in [6, 6.07) is 7.65. The van der Waals surface area contributed by atoms with Crippen molar-refractivity contribution in [1.82, 2.24) is 0 Å². The second kappa shape index (κ2) is 4.40. The SMILES string of the molecule is CC(=O)c1ccc(-c2ccsc2C)cc1Cl. The summed E-state index contributed by atoms with van der Waals surface area (Å²) in [7, 11) is 0. The molecular formula is C13H11ClOS. The predicted octanol–water partition coefficient (Wildman–Crippen LogP) is 4.58. The number of Topliss-reactive ketones (excluding diaryl/α,β-unsaturated/α-hetero) is 1. The Morgan fingerprint density at radius 1 is 1.31 bits per heavy atom. The Labute approximate surface area is 104 Å². The lowest BCUT2D eigenvalue weighted by Gasteiger charge is -2.04. The Morgan fingerprint density at radius 3 is 2.56 bits per heavy atom. The Kier molecular flexibility index (Phi) is 3.13. The van der Waals surface area contributed by atoms with Crippen molar-refractivity contribution >= 4 is 28.7 Å². The van der Waals surface area contributed by atoms with Gasteiger partial charge in [-0.15, -0.1) is 11.3 Å². The summed E-state index contributed by atoms with van der Waals surface area (Å²) in [5.41, 5.74) is 2.83. The maximum Gasteiger partial charge on any atom is 0.161 e. The van der Waals surface area contributed by atoms with Gasteiger partial charge in [0.15, 0.2) is 5.78 Å². The fourth-order valence-electron chi connectivity index (χ4n) is 1.65. The van der Waals surface area contributed by atoms with E-state index in [2.05, 4.69) is 18.4 Å². The number of benzene rings is 1. The largest absolute Gasteiger partial charge is 0.294 e. The van der Waals surface area contributed by atoms with E-state index >= 15 is 0 Å². The van der Waals surface area contributed by atoms with Gasteiger partial charge in [-0.2, -0.15) is 0 Å². The Hall–Kier alpha value is -1.12. The number of carbonyl (C=O) groups excluding carboxylic acids is 1. The highest BCUT2D eigenvalue weighted by Gasteiger charge is 2.08. The minimum absolute atomic E-state index is 0.00131. The Balaban J connectivity index is 2.50. The molecule has 0 atom stereocenters. The molecule has 0 amide bonds. The first-order chi connectivity index (χ1) is 7.59. The molecule has 82 valence electrons. The molecule has 0 fully saturated rings. The lowest BCUT2D eigenvalue weighted by Crippen LogP contribution is -1.93.